The largest absolute Gasteiger partial charge is 0.302 e. The van der Waals surface area contributed by atoms with E-state index in [1.54, 1.807) is 12.1 Å². The zero-order chi connectivity index (χ0) is 15.2. The van der Waals surface area contributed by atoms with Crippen molar-refractivity contribution in [2.24, 2.45) is 0 Å². The number of rotatable bonds is 6. The molecule has 0 saturated carbocycles. The minimum Gasteiger partial charge on any atom is -0.302 e. The van der Waals surface area contributed by atoms with Gasteiger partial charge in [-0.25, -0.2) is 0 Å². The molecular weight excluding hydrogens is 282 g/mol. The summed E-state index contributed by atoms with van der Waals surface area (Å²) in [7, 11) is 2.03. The van der Waals surface area contributed by atoms with E-state index in [1.165, 1.54) is 11.1 Å². The van der Waals surface area contributed by atoms with Gasteiger partial charge < -0.3 is 4.90 Å². The van der Waals surface area contributed by atoms with Crippen molar-refractivity contribution in [3.8, 4) is 0 Å². The zero-order valence-corrected chi connectivity index (χ0v) is 13.2. The Bertz CT molecular complexity index is 607. The molecule has 2 aromatic rings. The fraction of sp³-hybridized carbons (Fsp3) is 0.278. The molecule has 110 valence electrons. The summed E-state index contributed by atoms with van der Waals surface area (Å²) < 4.78 is 0. The lowest BCUT2D eigenvalue weighted by Gasteiger charge is -2.16. The molecule has 0 aliphatic heterocycles. The third kappa shape index (κ3) is 5.00. The van der Waals surface area contributed by atoms with Gasteiger partial charge in [0.25, 0.3) is 0 Å². The molecule has 0 fully saturated rings. The Balaban J connectivity index is 1.84. The van der Waals surface area contributed by atoms with Gasteiger partial charge in [-0.1, -0.05) is 53.6 Å². The Labute approximate surface area is 131 Å². The summed E-state index contributed by atoms with van der Waals surface area (Å²) in [6.45, 7) is 3.67. The first-order valence-electron chi connectivity index (χ1n) is 7.07. The lowest BCUT2D eigenvalue weighted by Crippen LogP contribution is -2.21. The van der Waals surface area contributed by atoms with Crippen LogP contribution in [0.25, 0.3) is 0 Å². The summed E-state index contributed by atoms with van der Waals surface area (Å²) in [5, 5.41) is 0.605. The predicted octanol–water partition coefficient (Wildman–Crippen LogP) is 4.35. The summed E-state index contributed by atoms with van der Waals surface area (Å²) in [5.41, 5.74) is 3.21. The molecule has 0 heterocycles. The van der Waals surface area contributed by atoms with Crippen LogP contribution in [0.5, 0.6) is 0 Å². The maximum absolute atomic E-state index is 12.1. The van der Waals surface area contributed by atoms with Crippen LogP contribution in [0.3, 0.4) is 0 Å². The Morgan fingerprint density at radius 3 is 2.52 bits per heavy atom. The standard InChI is InChI=1S/C18H20ClNO/c1-14-6-8-15(9-7-14)13-20(2)11-10-18(21)16-4-3-5-17(19)12-16/h3-9,12H,10-11,13H2,1-2H3. The third-order valence-corrected chi connectivity index (χ3v) is 3.68. The molecule has 2 aromatic carbocycles. The lowest BCUT2D eigenvalue weighted by molar-refractivity contribution is 0.0968. The van der Waals surface area contributed by atoms with Crippen molar-refractivity contribution in [1.82, 2.24) is 4.90 Å². The van der Waals surface area contributed by atoms with E-state index in [0.717, 1.165) is 13.1 Å². The molecule has 0 amide bonds. The second-order valence-corrected chi connectivity index (χ2v) is 5.84. The van der Waals surface area contributed by atoms with Crippen molar-refractivity contribution < 1.29 is 4.79 Å². The fourth-order valence-electron chi connectivity index (χ4n) is 2.18. The van der Waals surface area contributed by atoms with Gasteiger partial charge in [-0.15, -0.1) is 0 Å². The van der Waals surface area contributed by atoms with Crippen molar-refractivity contribution in [3.05, 3.63) is 70.2 Å². The molecule has 21 heavy (non-hydrogen) atoms. The van der Waals surface area contributed by atoms with E-state index in [0.29, 0.717) is 17.0 Å². The molecular formula is C18H20ClNO. The number of hydrogen-bond donors (Lipinski definition) is 0. The van der Waals surface area contributed by atoms with Gasteiger partial charge in [-0.05, 0) is 31.7 Å². The average molecular weight is 302 g/mol. The van der Waals surface area contributed by atoms with Crippen molar-refractivity contribution >= 4 is 17.4 Å². The van der Waals surface area contributed by atoms with Gasteiger partial charge in [0.1, 0.15) is 0 Å². The molecule has 3 heteroatoms. The van der Waals surface area contributed by atoms with E-state index >= 15 is 0 Å². The fourth-order valence-corrected chi connectivity index (χ4v) is 2.37. The van der Waals surface area contributed by atoms with E-state index in [2.05, 4.69) is 36.1 Å². The second-order valence-electron chi connectivity index (χ2n) is 5.41. The van der Waals surface area contributed by atoms with Crippen LogP contribution >= 0.6 is 11.6 Å². The van der Waals surface area contributed by atoms with E-state index in [-0.39, 0.29) is 5.78 Å². The van der Waals surface area contributed by atoms with Gasteiger partial charge in [-0.3, -0.25) is 4.79 Å². The number of ketones is 1. The van der Waals surface area contributed by atoms with Crippen molar-refractivity contribution in [2.75, 3.05) is 13.6 Å². The topological polar surface area (TPSA) is 20.3 Å². The minimum atomic E-state index is 0.133. The number of halogens is 1. The molecule has 0 aliphatic carbocycles. The van der Waals surface area contributed by atoms with Gasteiger partial charge in [-0.2, -0.15) is 0 Å². The molecule has 0 unspecified atom stereocenters. The lowest BCUT2D eigenvalue weighted by atomic mass is 10.1. The van der Waals surface area contributed by atoms with Gasteiger partial charge >= 0.3 is 0 Å². The first-order valence-corrected chi connectivity index (χ1v) is 7.45. The highest BCUT2D eigenvalue weighted by atomic mass is 35.5. The average Bonchev–Trinajstić information content (AvgIpc) is 2.47. The number of carbonyl (C=O) groups is 1. The number of nitrogens with zero attached hydrogens (tertiary/aromatic N) is 1. The van der Waals surface area contributed by atoms with Crippen LogP contribution in [0, 0.1) is 6.92 Å². The number of benzene rings is 2. The maximum atomic E-state index is 12.1. The first kappa shape index (κ1) is 15.7. The van der Waals surface area contributed by atoms with Crippen LogP contribution in [0.15, 0.2) is 48.5 Å². The number of carbonyl (C=O) groups excluding carboxylic acids is 1. The third-order valence-electron chi connectivity index (χ3n) is 3.44. The summed E-state index contributed by atoms with van der Waals surface area (Å²) in [5.74, 6) is 0.133. The van der Waals surface area contributed by atoms with Crippen LogP contribution in [0.1, 0.15) is 27.9 Å². The van der Waals surface area contributed by atoms with Crippen molar-refractivity contribution in [3.63, 3.8) is 0 Å². The van der Waals surface area contributed by atoms with E-state index in [1.807, 2.05) is 19.2 Å². The summed E-state index contributed by atoms with van der Waals surface area (Å²) >= 11 is 5.91. The molecule has 0 spiro atoms. The molecule has 0 aromatic heterocycles. The number of hydrogen-bond acceptors (Lipinski definition) is 2. The Hall–Kier alpha value is -1.64. The van der Waals surface area contributed by atoms with Crippen LogP contribution in [-0.2, 0) is 6.54 Å². The number of Topliss-reactive ketones (excluding diaryl/α,β-unsaturated/α-hetero) is 1. The summed E-state index contributed by atoms with van der Waals surface area (Å²) in [6, 6.07) is 15.6. The normalized spacial score (nSPS) is 10.9. The van der Waals surface area contributed by atoms with Crippen LogP contribution < -0.4 is 0 Å². The monoisotopic (exact) mass is 301 g/mol. The molecule has 0 N–H and O–H groups in total. The highest BCUT2D eigenvalue weighted by molar-refractivity contribution is 6.31. The summed E-state index contributed by atoms with van der Waals surface area (Å²) in [4.78, 5) is 14.3. The molecule has 0 aliphatic rings. The van der Waals surface area contributed by atoms with Crippen molar-refractivity contribution in [1.29, 1.82) is 0 Å². The molecule has 0 saturated heterocycles. The van der Waals surface area contributed by atoms with Crippen molar-refractivity contribution in [2.45, 2.75) is 19.9 Å². The molecule has 2 rings (SSSR count). The highest BCUT2D eigenvalue weighted by Gasteiger charge is 2.08. The highest BCUT2D eigenvalue weighted by Crippen LogP contribution is 2.13. The van der Waals surface area contributed by atoms with E-state index in [9.17, 15) is 4.79 Å². The summed E-state index contributed by atoms with van der Waals surface area (Å²) in [6.07, 6.45) is 0.503. The van der Waals surface area contributed by atoms with E-state index < -0.39 is 0 Å². The Morgan fingerprint density at radius 1 is 1.14 bits per heavy atom. The SMILES string of the molecule is Cc1ccc(CN(C)CCC(=O)c2cccc(Cl)c2)cc1. The Kier molecular flexibility index (Phi) is 5.54. The first-order chi connectivity index (χ1) is 10.0. The maximum Gasteiger partial charge on any atom is 0.164 e. The number of aryl methyl sites for hydroxylation is 1. The van der Waals surface area contributed by atoms with Gasteiger partial charge in [0, 0.05) is 30.1 Å². The van der Waals surface area contributed by atoms with Gasteiger partial charge in [0.15, 0.2) is 5.78 Å². The predicted molar refractivity (Wildman–Crippen MR) is 87.9 cm³/mol. The molecule has 0 atom stereocenters. The van der Waals surface area contributed by atoms with Gasteiger partial charge in [0.05, 0.1) is 0 Å². The smallest absolute Gasteiger partial charge is 0.164 e. The van der Waals surface area contributed by atoms with Crippen LogP contribution in [0.4, 0.5) is 0 Å². The quantitative estimate of drug-likeness (QED) is 0.739. The second kappa shape index (κ2) is 7.39. The molecule has 2 nitrogen and oxygen atoms in total. The minimum absolute atomic E-state index is 0.133. The molecule has 0 bridgehead atoms. The van der Waals surface area contributed by atoms with E-state index in [4.69, 9.17) is 11.6 Å². The van der Waals surface area contributed by atoms with Crippen LogP contribution in [0.2, 0.25) is 5.02 Å². The molecule has 0 radical (unpaired) electrons. The zero-order valence-electron chi connectivity index (χ0n) is 12.5. The Morgan fingerprint density at radius 2 is 1.86 bits per heavy atom. The van der Waals surface area contributed by atoms with Gasteiger partial charge in [0.2, 0.25) is 0 Å². The van der Waals surface area contributed by atoms with Crippen LogP contribution in [-0.4, -0.2) is 24.3 Å².